The number of carbonyl (C=O) groups excluding carboxylic acids is 1. The second kappa shape index (κ2) is 7.14. The molecule has 1 aliphatic rings. The van der Waals surface area contributed by atoms with Crippen molar-refractivity contribution < 1.29 is 17.9 Å². The zero-order valence-electron chi connectivity index (χ0n) is 13.7. The number of fused-ring (bicyclic) bond motifs is 1. The summed E-state index contributed by atoms with van der Waals surface area (Å²) in [6.45, 7) is 0.725. The van der Waals surface area contributed by atoms with Crippen molar-refractivity contribution in [2.24, 2.45) is 0 Å². The Hall–Kier alpha value is -2.54. The van der Waals surface area contributed by atoms with Gasteiger partial charge in [-0.2, -0.15) is 0 Å². The number of amides is 1. The van der Waals surface area contributed by atoms with Crippen LogP contribution < -0.4 is 10.5 Å². The molecule has 7 heteroatoms. The molecule has 3 rings (SSSR count). The molecular formula is C18H20N2O4S. The van der Waals surface area contributed by atoms with Crippen LogP contribution in [-0.2, 0) is 10.0 Å². The molecule has 25 heavy (non-hydrogen) atoms. The van der Waals surface area contributed by atoms with Crippen LogP contribution in [0.4, 0.5) is 5.69 Å². The average Bonchev–Trinajstić information content (AvgIpc) is 2.80. The van der Waals surface area contributed by atoms with Gasteiger partial charge in [0, 0.05) is 12.2 Å². The molecule has 0 bridgehead atoms. The van der Waals surface area contributed by atoms with E-state index in [4.69, 9.17) is 10.5 Å². The van der Waals surface area contributed by atoms with Gasteiger partial charge in [0.15, 0.2) is 0 Å². The third-order valence-electron chi connectivity index (χ3n) is 4.07. The summed E-state index contributed by atoms with van der Waals surface area (Å²) >= 11 is 0. The number of sulfonamides is 1. The van der Waals surface area contributed by atoms with E-state index < -0.39 is 15.9 Å². The van der Waals surface area contributed by atoms with E-state index in [2.05, 4.69) is 0 Å². The molecule has 2 aromatic rings. The summed E-state index contributed by atoms with van der Waals surface area (Å²) in [4.78, 5) is 12.4. The van der Waals surface area contributed by atoms with Crippen LogP contribution in [0.1, 0.15) is 29.6 Å². The Labute approximate surface area is 147 Å². The van der Waals surface area contributed by atoms with E-state index in [9.17, 15) is 13.2 Å². The van der Waals surface area contributed by atoms with Gasteiger partial charge in [-0.3, -0.25) is 4.79 Å². The number of ether oxygens (including phenoxy) is 1. The maximum Gasteiger partial charge on any atom is 0.269 e. The Morgan fingerprint density at radius 1 is 0.960 bits per heavy atom. The lowest BCUT2D eigenvalue weighted by atomic mass is 10.2. The summed E-state index contributed by atoms with van der Waals surface area (Å²) in [5.74, 6) is 0.315. The van der Waals surface area contributed by atoms with Crippen LogP contribution in [0.2, 0.25) is 0 Å². The molecule has 2 N–H and O–H groups in total. The number of rotatable bonds is 7. The van der Waals surface area contributed by atoms with E-state index in [-0.39, 0.29) is 17.0 Å². The predicted molar refractivity (Wildman–Crippen MR) is 94.9 cm³/mol. The Morgan fingerprint density at radius 3 is 2.40 bits per heavy atom. The minimum atomic E-state index is -3.69. The van der Waals surface area contributed by atoms with Crippen molar-refractivity contribution in [1.29, 1.82) is 0 Å². The molecule has 2 aromatic carbocycles. The van der Waals surface area contributed by atoms with Gasteiger partial charge >= 0.3 is 0 Å². The Bertz CT molecular complexity index is 863. The third kappa shape index (κ3) is 3.61. The highest BCUT2D eigenvalue weighted by molar-refractivity contribution is 7.90. The number of anilines is 1. The first-order valence-corrected chi connectivity index (χ1v) is 9.58. The molecule has 0 saturated carbocycles. The molecule has 132 valence electrons. The van der Waals surface area contributed by atoms with Crippen LogP contribution in [-0.4, -0.2) is 31.8 Å². The normalized spacial score (nSPS) is 15.2. The molecule has 0 unspecified atom stereocenters. The van der Waals surface area contributed by atoms with Gasteiger partial charge in [0.1, 0.15) is 10.6 Å². The number of nitrogens with two attached hydrogens (primary N) is 1. The molecule has 1 aliphatic heterocycles. The minimum absolute atomic E-state index is 0.103. The van der Waals surface area contributed by atoms with Crippen molar-refractivity contribution in [3.8, 4) is 5.75 Å². The quantitative estimate of drug-likeness (QED) is 0.606. The van der Waals surface area contributed by atoms with E-state index in [1.807, 2.05) is 12.1 Å². The molecule has 1 amide bonds. The Kier molecular flexibility index (Phi) is 4.94. The zero-order valence-corrected chi connectivity index (χ0v) is 14.5. The fourth-order valence-electron chi connectivity index (χ4n) is 2.74. The number of hydrogen-bond donors (Lipinski definition) is 1. The van der Waals surface area contributed by atoms with E-state index in [0.717, 1.165) is 22.9 Å². The Morgan fingerprint density at radius 2 is 1.68 bits per heavy atom. The van der Waals surface area contributed by atoms with Crippen LogP contribution in [0.3, 0.4) is 0 Å². The first kappa shape index (κ1) is 17.3. The van der Waals surface area contributed by atoms with E-state index in [1.165, 1.54) is 6.07 Å². The highest BCUT2D eigenvalue weighted by Crippen LogP contribution is 2.30. The second-order valence-electron chi connectivity index (χ2n) is 5.86. The van der Waals surface area contributed by atoms with Gasteiger partial charge in [-0.1, -0.05) is 12.1 Å². The van der Waals surface area contributed by atoms with Gasteiger partial charge in [0.2, 0.25) is 0 Å². The minimum Gasteiger partial charge on any atom is -0.494 e. The molecule has 6 nitrogen and oxygen atoms in total. The fourth-order valence-corrected chi connectivity index (χ4v) is 4.35. The summed E-state index contributed by atoms with van der Waals surface area (Å²) in [6, 6.07) is 13.5. The lowest BCUT2D eigenvalue weighted by Crippen LogP contribution is -2.31. The van der Waals surface area contributed by atoms with Crippen molar-refractivity contribution in [2.75, 3.05) is 18.9 Å². The van der Waals surface area contributed by atoms with E-state index >= 15 is 0 Å². The van der Waals surface area contributed by atoms with Crippen LogP contribution in [0.15, 0.2) is 53.4 Å². The predicted octanol–water partition coefficient (Wildman–Crippen LogP) is 2.66. The van der Waals surface area contributed by atoms with Gasteiger partial charge in [0.25, 0.3) is 15.9 Å². The van der Waals surface area contributed by atoms with Crippen LogP contribution in [0, 0.1) is 0 Å². The summed E-state index contributed by atoms with van der Waals surface area (Å²) in [5.41, 5.74) is 6.55. The van der Waals surface area contributed by atoms with Gasteiger partial charge in [-0.15, -0.1) is 0 Å². The number of hydrogen-bond acceptors (Lipinski definition) is 5. The molecule has 0 saturated heterocycles. The lowest BCUT2D eigenvalue weighted by molar-refractivity contribution is 0.0869. The summed E-state index contributed by atoms with van der Waals surface area (Å²) < 4.78 is 31.4. The Balaban J connectivity index is 1.45. The second-order valence-corrected chi connectivity index (χ2v) is 7.69. The van der Waals surface area contributed by atoms with Crippen molar-refractivity contribution in [3.05, 3.63) is 54.1 Å². The molecule has 1 heterocycles. The average molecular weight is 360 g/mol. The fraction of sp³-hybridized carbons (Fsp3) is 0.278. The zero-order chi connectivity index (χ0) is 17.9. The maximum atomic E-state index is 12.4. The maximum absolute atomic E-state index is 12.4. The van der Waals surface area contributed by atoms with Crippen molar-refractivity contribution in [1.82, 2.24) is 4.31 Å². The summed E-state index contributed by atoms with van der Waals surface area (Å²) in [5, 5.41) is 0. The molecular weight excluding hydrogens is 340 g/mol. The van der Waals surface area contributed by atoms with Crippen LogP contribution in [0.25, 0.3) is 0 Å². The molecule has 0 aromatic heterocycles. The largest absolute Gasteiger partial charge is 0.494 e. The number of nitrogens with zero attached hydrogens (tertiary/aromatic N) is 1. The monoisotopic (exact) mass is 360 g/mol. The molecule has 0 aliphatic carbocycles. The third-order valence-corrected chi connectivity index (χ3v) is 5.91. The first-order valence-electron chi connectivity index (χ1n) is 8.14. The van der Waals surface area contributed by atoms with Crippen LogP contribution >= 0.6 is 0 Å². The molecule has 0 spiro atoms. The van der Waals surface area contributed by atoms with E-state index in [0.29, 0.717) is 18.7 Å². The smallest absolute Gasteiger partial charge is 0.269 e. The number of unbranched alkanes of at least 4 members (excludes halogenated alkanes) is 2. The summed E-state index contributed by atoms with van der Waals surface area (Å²) in [6.07, 6.45) is 2.15. The molecule has 0 fully saturated rings. The lowest BCUT2D eigenvalue weighted by Gasteiger charge is -2.14. The number of benzene rings is 2. The van der Waals surface area contributed by atoms with E-state index in [1.54, 1.807) is 30.3 Å². The topological polar surface area (TPSA) is 89.7 Å². The number of nitrogen functional groups attached to an aromatic ring is 1. The molecule has 0 atom stereocenters. The van der Waals surface area contributed by atoms with Crippen molar-refractivity contribution >= 4 is 21.6 Å². The van der Waals surface area contributed by atoms with Gasteiger partial charge in [-0.25, -0.2) is 12.7 Å². The molecule has 0 radical (unpaired) electrons. The van der Waals surface area contributed by atoms with Crippen molar-refractivity contribution in [2.45, 2.75) is 24.2 Å². The first-order chi connectivity index (χ1) is 12.0. The van der Waals surface area contributed by atoms with Crippen LogP contribution in [0.5, 0.6) is 5.75 Å². The van der Waals surface area contributed by atoms with Crippen molar-refractivity contribution in [3.63, 3.8) is 0 Å². The van der Waals surface area contributed by atoms with Gasteiger partial charge in [0.05, 0.1) is 12.2 Å². The highest BCUT2D eigenvalue weighted by atomic mass is 32.2. The standard InChI is InChI=1S/C18H20N2O4S/c19-14-8-10-15(11-9-14)24-13-5-1-4-12-20-18(21)16-6-2-3-7-17(16)25(20,22)23/h2-3,6-11H,1,4-5,12-13,19H2. The highest BCUT2D eigenvalue weighted by Gasteiger charge is 2.40. The SMILES string of the molecule is Nc1ccc(OCCCCCN2C(=O)c3ccccc3S2(=O)=O)cc1. The van der Waals surface area contributed by atoms with Gasteiger partial charge in [-0.05, 0) is 55.7 Å². The summed E-state index contributed by atoms with van der Waals surface area (Å²) in [7, 11) is -3.69. The number of carbonyl (C=O) groups is 1. The van der Waals surface area contributed by atoms with Gasteiger partial charge < -0.3 is 10.5 Å².